The Morgan fingerprint density at radius 2 is 2.27 bits per heavy atom. The number of ether oxygens (including phenoxy) is 2. The van der Waals surface area contributed by atoms with Crippen LogP contribution in [-0.2, 0) is 14.3 Å². The minimum Gasteiger partial charge on any atom is -0.354 e. The van der Waals surface area contributed by atoms with Crippen LogP contribution in [0.5, 0.6) is 0 Å². The van der Waals surface area contributed by atoms with Gasteiger partial charge in [-0.1, -0.05) is 0 Å². The summed E-state index contributed by atoms with van der Waals surface area (Å²) >= 11 is 0. The predicted molar refractivity (Wildman–Crippen MR) is 56.4 cm³/mol. The summed E-state index contributed by atoms with van der Waals surface area (Å²) in [6, 6.07) is 0. The maximum Gasteiger partial charge on any atom is 0.220 e. The zero-order valence-corrected chi connectivity index (χ0v) is 9.41. The molecule has 0 radical (unpaired) electrons. The first-order valence-corrected chi connectivity index (χ1v) is 5.29. The van der Waals surface area contributed by atoms with E-state index < -0.39 is 0 Å². The number of rotatable bonds is 6. The lowest BCUT2D eigenvalue weighted by atomic mass is 10.0. The molecule has 0 aromatic carbocycles. The van der Waals surface area contributed by atoms with E-state index in [1.807, 2.05) is 0 Å². The first-order valence-electron chi connectivity index (χ1n) is 5.29. The standard InChI is InChI=1S/C10H20N2O3/c1-14-10(15-2)7-12-9(13)5-8-3-4-11-6-8/h8,10-11H,3-7H2,1-2H3,(H,12,13). The second kappa shape index (κ2) is 6.76. The summed E-state index contributed by atoms with van der Waals surface area (Å²) in [5, 5.41) is 6.03. The van der Waals surface area contributed by atoms with Crippen molar-refractivity contribution in [1.82, 2.24) is 10.6 Å². The quantitative estimate of drug-likeness (QED) is 0.600. The van der Waals surface area contributed by atoms with Crippen molar-refractivity contribution in [2.75, 3.05) is 33.9 Å². The zero-order chi connectivity index (χ0) is 11.1. The average molecular weight is 216 g/mol. The SMILES string of the molecule is COC(CNC(=O)CC1CCNC1)OC. The number of nitrogens with one attached hydrogen (secondary N) is 2. The van der Waals surface area contributed by atoms with Crippen LogP contribution in [0.4, 0.5) is 0 Å². The van der Waals surface area contributed by atoms with Gasteiger partial charge >= 0.3 is 0 Å². The minimum atomic E-state index is -0.351. The third kappa shape index (κ3) is 4.59. The largest absolute Gasteiger partial charge is 0.354 e. The molecule has 1 rings (SSSR count). The fraction of sp³-hybridized carbons (Fsp3) is 0.900. The summed E-state index contributed by atoms with van der Waals surface area (Å²) in [6.45, 7) is 2.38. The first kappa shape index (κ1) is 12.4. The van der Waals surface area contributed by atoms with E-state index in [0.29, 0.717) is 18.9 Å². The van der Waals surface area contributed by atoms with Gasteiger partial charge in [-0.05, 0) is 25.4 Å². The molecule has 1 saturated heterocycles. The molecule has 1 unspecified atom stereocenters. The Balaban J connectivity index is 2.12. The number of carbonyl (C=O) groups is 1. The Bertz CT molecular complexity index is 189. The average Bonchev–Trinajstić information content (AvgIpc) is 2.72. The number of hydrogen-bond acceptors (Lipinski definition) is 4. The van der Waals surface area contributed by atoms with Gasteiger partial charge in [-0.3, -0.25) is 4.79 Å². The summed E-state index contributed by atoms with van der Waals surface area (Å²) in [4.78, 5) is 11.5. The Labute approximate surface area is 90.5 Å². The summed E-state index contributed by atoms with van der Waals surface area (Å²) in [5.41, 5.74) is 0. The van der Waals surface area contributed by atoms with E-state index in [4.69, 9.17) is 9.47 Å². The number of amides is 1. The number of hydrogen-bond donors (Lipinski definition) is 2. The van der Waals surface area contributed by atoms with Crippen LogP contribution >= 0.6 is 0 Å². The Kier molecular flexibility index (Phi) is 5.60. The monoisotopic (exact) mass is 216 g/mol. The zero-order valence-electron chi connectivity index (χ0n) is 9.41. The van der Waals surface area contributed by atoms with Crippen molar-refractivity contribution >= 4 is 5.91 Å². The molecule has 1 fully saturated rings. The van der Waals surface area contributed by atoms with Gasteiger partial charge in [0, 0.05) is 20.6 Å². The molecule has 15 heavy (non-hydrogen) atoms. The normalized spacial score (nSPS) is 20.9. The lowest BCUT2D eigenvalue weighted by Crippen LogP contribution is -2.35. The Hall–Kier alpha value is -0.650. The van der Waals surface area contributed by atoms with Crippen molar-refractivity contribution < 1.29 is 14.3 Å². The number of methoxy groups -OCH3 is 2. The molecule has 1 aliphatic heterocycles. The summed E-state index contributed by atoms with van der Waals surface area (Å²) < 4.78 is 9.94. The van der Waals surface area contributed by atoms with E-state index in [9.17, 15) is 4.79 Å². The van der Waals surface area contributed by atoms with E-state index in [0.717, 1.165) is 19.5 Å². The van der Waals surface area contributed by atoms with Crippen LogP contribution < -0.4 is 10.6 Å². The third-order valence-electron chi connectivity index (χ3n) is 2.63. The first-order chi connectivity index (χ1) is 7.26. The molecule has 0 aliphatic carbocycles. The summed E-state index contributed by atoms with van der Waals surface area (Å²) in [5.74, 6) is 0.552. The molecule has 88 valence electrons. The minimum absolute atomic E-state index is 0.0720. The van der Waals surface area contributed by atoms with Crippen LogP contribution in [0, 0.1) is 5.92 Å². The van der Waals surface area contributed by atoms with Gasteiger partial charge in [0.15, 0.2) is 6.29 Å². The van der Waals surface area contributed by atoms with Crippen molar-refractivity contribution in [1.29, 1.82) is 0 Å². The van der Waals surface area contributed by atoms with E-state index in [2.05, 4.69) is 10.6 Å². The van der Waals surface area contributed by atoms with Crippen LogP contribution in [0.1, 0.15) is 12.8 Å². The van der Waals surface area contributed by atoms with Gasteiger partial charge in [0.1, 0.15) is 0 Å². The van der Waals surface area contributed by atoms with Crippen LogP contribution in [0.3, 0.4) is 0 Å². The lowest BCUT2D eigenvalue weighted by molar-refractivity contribution is -0.128. The smallest absolute Gasteiger partial charge is 0.220 e. The van der Waals surface area contributed by atoms with E-state index in [1.165, 1.54) is 0 Å². The van der Waals surface area contributed by atoms with Gasteiger partial charge in [-0.2, -0.15) is 0 Å². The molecule has 1 heterocycles. The molecule has 1 atom stereocenters. The van der Waals surface area contributed by atoms with Crippen LogP contribution in [0.2, 0.25) is 0 Å². The molecule has 1 aliphatic rings. The molecule has 5 heteroatoms. The van der Waals surface area contributed by atoms with Crippen molar-refractivity contribution in [3.63, 3.8) is 0 Å². The van der Waals surface area contributed by atoms with Gasteiger partial charge in [-0.15, -0.1) is 0 Å². The fourth-order valence-electron chi connectivity index (χ4n) is 1.68. The van der Waals surface area contributed by atoms with Gasteiger partial charge in [-0.25, -0.2) is 0 Å². The van der Waals surface area contributed by atoms with E-state index in [-0.39, 0.29) is 12.2 Å². The van der Waals surface area contributed by atoms with Gasteiger partial charge in [0.05, 0.1) is 6.54 Å². The second-order valence-corrected chi connectivity index (χ2v) is 3.77. The highest BCUT2D eigenvalue weighted by Gasteiger charge is 2.18. The highest BCUT2D eigenvalue weighted by Crippen LogP contribution is 2.11. The highest BCUT2D eigenvalue weighted by atomic mass is 16.7. The Morgan fingerprint density at radius 1 is 1.53 bits per heavy atom. The molecule has 0 bridgehead atoms. The van der Waals surface area contributed by atoms with Crippen molar-refractivity contribution in [2.45, 2.75) is 19.1 Å². The third-order valence-corrected chi connectivity index (χ3v) is 2.63. The Morgan fingerprint density at radius 3 is 2.80 bits per heavy atom. The topological polar surface area (TPSA) is 59.6 Å². The van der Waals surface area contributed by atoms with Gasteiger partial charge in [0.25, 0.3) is 0 Å². The van der Waals surface area contributed by atoms with Crippen molar-refractivity contribution in [2.24, 2.45) is 5.92 Å². The second-order valence-electron chi connectivity index (χ2n) is 3.77. The molecule has 0 spiro atoms. The van der Waals surface area contributed by atoms with Crippen LogP contribution in [0.25, 0.3) is 0 Å². The molecule has 0 aromatic heterocycles. The van der Waals surface area contributed by atoms with E-state index >= 15 is 0 Å². The van der Waals surface area contributed by atoms with Crippen molar-refractivity contribution in [3.8, 4) is 0 Å². The predicted octanol–water partition coefficient (Wildman–Crippen LogP) is -0.279. The number of carbonyl (C=O) groups excluding carboxylic acids is 1. The van der Waals surface area contributed by atoms with Gasteiger partial charge < -0.3 is 20.1 Å². The molecule has 0 aromatic rings. The van der Waals surface area contributed by atoms with Gasteiger partial charge in [0.2, 0.25) is 5.91 Å². The molecule has 0 saturated carbocycles. The van der Waals surface area contributed by atoms with E-state index in [1.54, 1.807) is 14.2 Å². The molecule has 2 N–H and O–H groups in total. The maximum atomic E-state index is 11.5. The summed E-state index contributed by atoms with van der Waals surface area (Å²) in [6.07, 6.45) is 1.33. The molecular formula is C10H20N2O3. The fourth-order valence-corrected chi connectivity index (χ4v) is 1.68. The van der Waals surface area contributed by atoms with Crippen molar-refractivity contribution in [3.05, 3.63) is 0 Å². The van der Waals surface area contributed by atoms with Crippen LogP contribution in [0.15, 0.2) is 0 Å². The summed E-state index contributed by atoms with van der Waals surface area (Å²) in [7, 11) is 3.11. The lowest BCUT2D eigenvalue weighted by Gasteiger charge is -2.15. The highest BCUT2D eigenvalue weighted by molar-refractivity contribution is 5.76. The molecule has 5 nitrogen and oxygen atoms in total. The van der Waals surface area contributed by atoms with Crippen LogP contribution in [-0.4, -0.2) is 46.1 Å². The molecule has 1 amide bonds. The molecular weight excluding hydrogens is 196 g/mol. The maximum absolute atomic E-state index is 11.5.